The third-order valence-electron chi connectivity index (χ3n) is 2.73. The molecule has 0 saturated carbocycles. The van der Waals surface area contributed by atoms with E-state index in [0.29, 0.717) is 5.16 Å². The molecule has 0 aliphatic carbocycles. The summed E-state index contributed by atoms with van der Waals surface area (Å²) in [5.74, 6) is 0.748. The van der Waals surface area contributed by atoms with Crippen LogP contribution in [0, 0.1) is 0 Å². The van der Waals surface area contributed by atoms with E-state index in [9.17, 15) is 0 Å². The first-order valence-corrected chi connectivity index (χ1v) is 6.89. The van der Waals surface area contributed by atoms with Crippen molar-refractivity contribution in [1.29, 1.82) is 0 Å². The molecule has 2 aromatic carbocycles. The minimum absolute atomic E-state index is 0. The van der Waals surface area contributed by atoms with Gasteiger partial charge in [-0.1, -0.05) is 46.3 Å². The van der Waals surface area contributed by atoms with Crippen molar-refractivity contribution in [3.05, 3.63) is 59.1 Å². The number of rotatable bonds is 2. The van der Waals surface area contributed by atoms with Gasteiger partial charge in [0.05, 0.1) is 0 Å². The summed E-state index contributed by atoms with van der Waals surface area (Å²) >= 11 is 8.73. The third kappa shape index (κ3) is 3.39. The topological polar surface area (TPSA) is 30.7 Å². The van der Waals surface area contributed by atoms with Crippen molar-refractivity contribution in [3.8, 4) is 17.1 Å². The van der Waals surface area contributed by atoms with Crippen LogP contribution in [0.1, 0.15) is 0 Å². The van der Waals surface area contributed by atoms with E-state index in [0.717, 1.165) is 21.5 Å². The number of hydrogen-bond acceptors (Lipinski definition) is 3. The molecule has 0 unspecified atom stereocenters. The average Bonchev–Trinajstić information content (AvgIpc) is 2.82. The van der Waals surface area contributed by atoms with Crippen molar-refractivity contribution in [2.24, 2.45) is 0 Å². The van der Waals surface area contributed by atoms with E-state index in [1.807, 2.05) is 59.2 Å². The van der Waals surface area contributed by atoms with Gasteiger partial charge in [-0.3, -0.25) is 4.57 Å². The van der Waals surface area contributed by atoms with Crippen LogP contribution in [0.4, 0.5) is 0 Å². The molecule has 0 bridgehead atoms. The molecule has 0 saturated heterocycles. The van der Waals surface area contributed by atoms with Crippen LogP contribution in [0.25, 0.3) is 17.1 Å². The maximum Gasteiger partial charge on any atom is 1.00 e. The smallest absolute Gasteiger partial charge is 0.740 e. The molecule has 6 heteroatoms. The molecular weight excluding hydrogens is 361 g/mol. The van der Waals surface area contributed by atoms with Crippen LogP contribution in [0.15, 0.2) is 64.2 Å². The van der Waals surface area contributed by atoms with Crippen molar-refractivity contribution in [3.63, 3.8) is 0 Å². The van der Waals surface area contributed by atoms with Gasteiger partial charge >= 0.3 is 51.4 Å². The standard InChI is InChI=1S/C14H10BrN3S.K/c15-11-6-4-5-10(9-11)13-16-17-14(19)18(13)12-7-2-1-3-8-12;/h1-9H,(H,17,19);/q;+1/p-1. The third-order valence-corrected chi connectivity index (χ3v) is 3.49. The Balaban J connectivity index is 0.00000147. The number of benzene rings is 2. The normalized spacial score (nSPS) is 10.1. The molecule has 94 valence electrons. The number of halogens is 1. The molecule has 0 fully saturated rings. The summed E-state index contributed by atoms with van der Waals surface area (Å²) in [6.45, 7) is 0. The second-order valence-electron chi connectivity index (χ2n) is 3.99. The molecule has 0 atom stereocenters. The predicted molar refractivity (Wildman–Crippen MR) is 80.1 cm³/mol. The molecule has 3 nitrogen and oxygen atoms in total. The molecule has 20 heavy (non-hydrogen) atoms. The maximum absolute atomic E-state index is 5.27. The fourth-order valence-electron chi connectivity index (χ4n) is 1.89. The SMILES string of the molecule is [K+].[S-]c1nnc(-c2cccc(Br)c2)n1-c1ccccc1. The van der Waals surface area contributed by atoms with Crippen LogP contribution in [0.5, 0.6) is 0 Å². The molecule has 0 aliphatic heterocycles. The first-order valence-electron chi connectivity index (χ1n) is 5.69. The molecule has 0 radical (unpaired) electrons. The Kier molecular flexibility index (Phi) is 5.91. The van der Waals surface area contributed by atoms with Gasteiger partial charge in [-0.05, 0) is 24.3 Å². The van der Waals surface area contributed by atoms with Crippen LogP contribution in [0.2, 0.25) is 0 Å². The van der Waals surface area contributed by atoms with Crippen molar-refractivity contribution in [2.75, 3.05) is 0 Å². The summed E-state index contributed by atoms with van der Waals surface area (Å²) in [7, 11) is 0. The molecule has 0 amide bonds. The summed E-state index contributed by atoms with van der Waals surface area (Å²) in [6.07, 6.45) is 0. The minimum Gasteiger partial charge on any atom is -0.740 e. The van der Waals surface area contributed by atoms with Crippen molar-refractivity contribution >= 4 is 28.6 Å². The zero-order chi connectivity index (χ0) is 13.2. The zero-order valence-corrected chi connectivity index (χ0v) is 16.3. The van der Waals surface area contributed by atoms with Crippen molar-refractivity contribution in [1.82, 2.24) is 14.8 Å². The fraction of sp³-hybridized carbons (Fsp3) is 0. The van der Waals surface area contributed by atoms with Gasteiger partial charge in [-0.2, -0.15) is 5.10 Å². The second-order valence-corrected chi connectivity index (χ2v) is 5.27. The summed E-state index contributed by atoms with van der Waals surface area (Å²) in [4.78, 5) is 0. The van der Waals surface area contributed by atoms with Crippen LogP contribution in [-0.4, -0.2) is 14.8 Å². The van der Waals surface area contributed by atoms with E-state index in [1.165, 1.54) is 0 Å². The Labute approximate surface area is 173 Å². The largest absolute Gasteiger partial charge is 1.00 e. The first kappa shape index (κ1) is 16.3. The average molecular weight is 370 g/mol. The Morgan fingerprint density at radius 1 is 0.950 bits per heavy atom. The maximum atomic E-state index is 5.27. The van der Waals surface area contributed by atoms with E-state index >= 15 is 0 Å². The van der Waals surface area contributed by atoms with E-state index in [-0.39, 0.29) is 51.4 Å². The van der Waals surface area contributed by atoms with Gasteiger partial charge < -0.3 is 12.6 Å². The second kappa shape index (κ2) is 7.26. The molecule has 3 rings (SSSR count). The minimum atomic E-state index is 0. The molecule has 3 aromatic rings. The summed E-state index contributed by atoms with van der Waals surface area (Å²) in [6, 6.07) is 17.8. The van der Waals surface area contributed by atoms with Crippen LogP contribution < -0.4 is 51.4 Å². The first-order chi connectivity index (χ1) is 9.25. The molecule has 0 aliphatic rings. The van der Waals surface area contributed by atoms with Crippen LogP contribution in [0.3, 0.4) is 0 Å². The summed E-state index contributed by atoms with van der Waals surface area (Å²) < 4.78 is 2.87. The Morgan fingerprint density at radius 3 is 2.40 bits per heavy atom. The van der Waals surface area contributed by atoms with E-state index in [2.05, 4.69) is 26.1 Å². The van der Waals surface area contributed by atoms with E-state index < -0.39 is 0 Å². The Hall–Kier alpha value is -0.0836. The zero-order valence-electron chi connectivity index (χ0n) is 10.8. The van der Waals surface area contributed by atoms with Gasteiger partial charge in [-0.15, -0.1) is 5.10 Å². The molecule has 1 heterocycles. The number of hydrogen-bond donors (Lipinski definition) is 0. The van der Waals surface area contributed by atoms with Crippen molar-refractivity contribution < 1.29 is 51.4 Å². The Bertz CT molecular complexity index is 715. The van der Waals surface area contributed by atoms with Crippen LogP contribution in [-0.2, 0) is 12.6 Å². The van der Waals surface area contributed by atoms with Gasteiger partial charge in [0, 0.05) is 20.9 Å². The molecule has 0 N–H and O–H groups in total. The quantitative estimate of drug-likeness (QED) is 0.489. The molecule has 0 spiro atoms. The van der Waals surface area contributed by atoms with Gasteiger partial charge in [0.15, 0.2) is 5.82 Å². The van der Waals surface area contributed by atoms with Gasteiger partial charge in [0.1, 0.15) is 0 Å². The van der Waals surface area contributed by atoms with Gasteiger partial charge in [0.25, 0.3) is 0 Å². The van der Waals surface area contributed by atoms with E-state index in [1.54, 1.807) is 0 Å². The van der Waals surface area contributed by atoms with Gasteiger partial charge in [-0.25, -0.2) is 0 Å². The summed E-state index contributed by atoms with van der Waals surface area (Å²) in [5.41, 5.74) is 1.94. The van der Waals surface area contributed by atoms with Crippen LogP contribution >= 0.6 is 15.9 Å². The summed E-state index contributed by atoms with van der Waals surface area (Å²) in [5, 5.41) is 8.66. The number of para-hydroxylation sites is 1. The van der Waals surface area contributed by atoms with Crippen molar-refractivity contribution in [2.45, 2.75) is 5.16 Å². The molecule has 1 aromatic heterocycles. The predicted octanol–water partition coefficient (Wildman–Crippen LogP) is 0.607. The molecular formula is C14H9BrKN3S. The fourth-order valence-corrected chi connectivity index (χ4v) is 2.53. The number of nitrogens with zero attached hydrogens (tertiary/aromatic N) is 3. The van der Waals surface area contributed by atoms with E-state index in [4.69, 9.17) is 12.6 Å². The van der Waals surface area contributed by atoms with Gasteiger partial charge in [0.2, 0.25) is 0 Å². The Morgan fingerprint density at radius 2 is 1.70 bits per heavy atom. The monoisotopic (exact) mass is 369 g/mol. The number of aromatic nitrogens is 3.